The first-order valence-electron chi connectivity index (χ1n) is 12.9. The van der Waals surface area contributed by atoms with Crippen LogP contribution in [-0.4, -0.2) is 68.0 Å². The molecule has 3 aromatic rings. The van der Waals surface area contributed by atoms with E-state index in [-0.39, 0.29) is 69.3 Å². The predicted octanol–water partition coefficient (Wildman–Crippen LogP) is 3.95. The Kier molecular flexibility index (Phi) is 6.03. The Bertz CT molecular complexity index is 1630. The van der Waals surface area contributed by atoms with Crippen LogP contribution in [0.25, 0.3) is 26.6 Å². The number of benzene rings is 3. The van der Waals surface area contributed by atoms with Gasteiger partial charge in [-0.1, -0.05) is 24.9 Å². The Morgan fingerprint density at radius 2 is 1.69 bits per heavy atom. The summed E-state index contributed by atoms with van der Waals surface area (Å²) in [5.74, 6) is 0.113. The van der Waals surface area contributed by atoms with Gasteiger partial charge in [0.1, 0.15) is 35.2 Å². The summed E-state index contributed by atoms with van der Waals surface area (Å²) in [5, 5.41) is 67.7. The van der Waals surface area contributed by atoms with Gasteiger partial charge in [0.2, 0.25) is 0 Å². The second kappa shape index (κ2) is 9.09. The van der Waals surface area contributed by atoms with Crippen molar-refractivity contribution in [2.75, 3.05) is 14.2 Å². The molecule has 0 amide bonds. The van der Waals surface area contributed by atoms with Gasteiger partial charge in [0.05, 0.1) is 18.2 Å². The Hall–Kier alpha value is -3.37. The summed E-state index contributed by atoms with van der Waals surface area (Å²) < 4.78 is 11.7. The number of aliphatic hydroxyl groups is 3. The minimum atomic E-state index is -1.28. The predicted molar refractivity (Wildman–Crippen MR) is 146 cm³/mol. The number of phenols is 3. The van der Waals surface area contributed by atoms with E-state index in [2.05, 4.69) is 0 Å². The number of allylic oxidation sites excluding steroid dienone is 1. The van der Waals surface area contributed by atoms with Crippen molar-refractivity contribution in [2.45, 2.75) is 57.5 Å². The normalized spacial score (nSPS) is 22.6. The molecule has 39 heavy (non-hydrogen) atoms. The zero-order chi connectivity index (χ0) is 27.9. The van der Waals surface area contributed by atoms with Crippen molar-refractivity contribution in [2.24, 2.45) is 0 Å². The molecule has 3 atom stereocenters. The fraction of sp³-hybridized carbons (Fsp3) is 0.379. The van der Waals surface area contributed by atoms with Crippen LogP contribution < -0.4 is 9.47 Å². The molecule has 0 saturated heterocycles. The molecule has 1 aliphatic carbocycles. The number of fused-ring (bicyclic) bond motifs is 5. The monoisotopic (exact) mass is 555 g/mol. The van der Waals surface area contributed by atoms with Gasteiger partial charge in [-0.25, -0.2) is 0 Å². The van der Waals surface area contributed by atoms with Crippen LogP contribution in [0.5, 0.6) is 28.7 Å². The summed E-state index contributed by atoms with van der Waals surface area (Å²) >= 11 is 6.77. The Labute approximate surface area is 229 Å². The number of ether oxygens (including phenoxy) is 2. The van der Waals surface area contributed by atoms with Crippen molar-refractivity contribution in [3.63, 3.8) is 0 Å². The smallest absolute Gasteiger partial charge is 0.176 e. The van der Waals surface area contributed by atoms with Crippen LogP contribution in [0.3, 0.4) is 0 Å². The van der Waals surface area contributed by atoms with E-state index in [1.165, 1.54) is 7.11 Å². The lowest BCUT2D eigenvalue weighted by atomic mass is 9.83. The van der Waals surface area contributed by atoms with E-state index in [0.717, 1.165) is 12.1 Å². The van der Waals surface area contributed by atoms with Crippen LogP contribution >= 0.6 is 11.6 Å². The molecule has 3 aromatic carbocycles. The van der Waals surface area contributed by atoms with Gasteiger partial charge in [-0.2, -0.15) is 0 Å². The van der Waals surface area contributed by atoms with Crippen molar-refractivity contribution in [1.29, 1.82) is 0 Å². The fourth-order valence-electron chi connectivity index (χ4n) is 6.27. The van der Waals surface area contributed by atoms with Crippen molar-refractivity contribution >= 4 is 38.2 Å². The van der Waals surface area contributed by atoms with E-state index in [0.29, 0.717) is 39.9 Å². The molecule has 0 radical (unpaired) electrons. The van der Waals surface area contributed by atoms with E-state index in [9.17, 15) is 30.6 Å². The van der Waals surface area contributed by atoms with Gasteiger partial charge in [0, 0.05) is 75.9 Å². The second-order valence-electron chi connectivity index (χ2n) is 10.4. The number of methoxy groups -OCH3 is 1. The first-order chi connectivity index (χ1) is 18.6. The van der Waals surface area contributed by atoms with Gasteiger partial charge in [-0.05, 0) is 18.6 Å². The standard InChI is InChI=1S/C29H30ClNO8/c1-4-5-16-22(30)21-15(10-31(16)2)26(37)19-11(24(21)35)6-7-12-20(19)25(36)14-8-13-23(34)17(32)9-18(33)27(13)39-29(14)28(12)38-3/h6-7,17-18,23,32-37H,4-5,8-10H2,1-3H3. The molecule has 0 aromatic heterocycles. The van der Waals surface area contributed by atoms with Crippen molar-refractivity contribution in [3.05, 3.63) is 45.9 Å². The maximum atomic E-state index is 11.7. The summed E-state index contributed by atoms with van der Waals surface area (Å²) in [7, 11) is 3.32. The summed E-state index contributed by atoms with van der Waals surface area (Å²) in [6.07, 6.45) is -2.15. The molecule has 3 unspecified atom stereocenters. The topological polar surface area (TPSA) is 143 Å². The van der Waals surface area contributed by atoms with Crippen LogP contribution in [0.1, 0.15) is 42.9 Å². The van der Waals surface area contributed by atoms with E-state index >= 15 is 0 Å². The van der Waals surface area contributed by atoms with Crippen LogP contribution in [0, 0.1) is 0 Å². The van der Waals surface area contributed by atoms with E-state index in [4.69, 9.17) is 21.1 Å². The van der Waals surface area contributed by atoms with Crippen LogP contribution in [0.2, 0.25) is 0 Å². The molecule has 206 valence electrons. The molecule has 6 N–H and O–H groups in total. The summed E-state index contributed by atoms with van der Waals surface area (Å²) in [6, 6.07) is 3.29. The lowest BCUT2D eigenvalue weighted by Crippen LogP contribution is -2.42. The molecule has 6 rings (SSSR count). The number of nitrogens with zero attached hydrogens (tertiary/aromatic N) is 1. The largest absolute Gasteiger partial charge is 0.507 e. The van der Waals surface area contributed by atoms with Gasteiger partial charge in [0.15, 0.2) is 11.5 Å². The van der Waals surface area contributed by atoms with Crippen molar-refractivity contribution in [3.8, 4) is 28.7 Å². The highest BCUT2D eigenvalue weighted by Crippen LogP contribution is 2.56. The molecule has 10 heteroatoms. The number of aromatic hydroxyl groups is 3. The van der Waals surface area contributed by atoms with Gasteiger partial charge in [-0.3, -0.25) is 0 Å². The Morgan fingerprint density at radius 1 is 1.03 bits per heavy atom. The second-order valence-corrected chi connectivity index (χ2v) is 10.8. The first kappa shape index (κ1) is 25.9. The molecular formula is C29H30ClNO8. The summed E-state index contributed by atoms with van der Waals surface area (Å²) in [4.78, 5) is 1.94. The third kappa shape index (κ3) is 3.50. The van der Waals surface area contributed by atoms with Crippen molar-refractivity contribution in [1.82, 2.24) is 4.90 Å². The molecule has 0 saturated carbocycles. The van der Waals surface area contributed by atoms with Crippen LogP contribution in [-0.2, 0) is 13.0 Å². The minimum Gasteiger partial charge on any atom is -0.507 e. The number of phenolic OH excluding ortho intramolecular Hbond substituents is 3. The quantitative estimate of drug-likeness (QED) is 0.209. The number of rotatable bonds is 3. The molecule has 9 nitrogen and oxygen atoms in total. The maximum Gasteiger partial charge on any atom is 0.176 e. The number of hydrogen-bond donors (Lipinski definition) is 6. The van der Waals surface area contributed by atoms with E-state index in [1.54, 1.807) is 12.1 Å². The maximum absolute atomic E-state index is 11.7. The fourth-order valence-corrected chi connectivity index (χ4v) is 6.72. The molecule has 3 aliphatic rings. The van der Waals surface area contributed by atoms with E-state index < -0.39 is 18.3 Å². The molecule has 0 spiro atoms. The Morgan fingerprint density at radius 3 is 2.38 bits per heavy atom. The van der Waals surface area contributed by atoms with E-state index in [1.807, 2.05) is 18.9 Å². The van der Waals surface area contributed by atoms with Crippen LogP contribution in [0.15, 0.2) is 29.2 Å². The average molecular weight is 556 g/mol. The number of aliphatic hydroxyl groups excluding tert-OH is 3. The minimum absolute atomic E-state index is 0.0240. The molecule has 2 aliphatic heterocycles. The number of hydrogen-bond acceptors (Lipinski definition) is 9. The third-order valence-electron chi connectivity index (χ3n) is 8.17. The molecule has 2 heterocycles. The number of halogens is 1. The van der Waals surface area contributed by atoms with Gasteiger partial charge < -0.3 is 45.0 Å². The average Bonchev–Trinajstić information content (AvgIpc) is 2.91. The summed E-state index contributed by atoms with van der Waals surface area (Å²) in [5.41, 5.74) is 2.21. The zero-order valence-corrected chi connectivity index (χ0v) is 22.5. The SMILES string of the molecule is CCCC1=C(Cl)c2c(c(O)c3c(ccc4c(OC)c5c(c(O)c43)CC3=C(O5)C(O)CC(O)C3O)c2O)CN1C. The molecular weight excluding hydrogens is 526 g/mol. The highest BCUT2D eigenvalue weighted by molar-refractivity contribution is 6.50. The molecule has 0 bridgehead atoms. The van der Waals surface area contributed by atoms with Gasteiger partial charge in [0.25, 0.3) is 0 Å². The summed E-state index contributed by atoms with van der Waals surface area (Å²) in [6.45, 7) is 2.34. The van der Waals surface area contributed by atoms with Crippen LogP contribution in [0.4, 0.5) is 0 Å². The molecule has 0 fully saturated rings. The Balaban J connectivity index is 1.67. The van der Waals surface area contributed by atoms with Gasteiger partial charge in [-0.15, -0.1) is 0 Å². The highest BCUT2D eigenvalue weighted by Gasteiger charge is 2.41. The highest BCUT2D eigenvalue weighted by atomic mass is 35.5. The lowest BCUT2D eigenvalue weighted by molar-refractivity contribution is -0.0165. The van der Waals surface area contributed by atoms with Crippen molar-refractivity contribution < 1.29 is 40.1 Å². The first-order valence-corrected chi connectivity index (χ1v) is 13.3. The third-order valence-corrected chi connectivity index (χ3v) is 8.58. The van der Waals surface area contributed by atoms with Gasteiger partial charge >= 0.3 is 0 Å². The zero-order valence-electron chi connectivity index (χ0n) is 21.7. The lowest BCUT2D eigenvalue weighted by Gasteiger charge is -2.36.